The first-order valence-electron chi connectivity index (χ1n) is 9.08. The minimum Gasteiger partial charge on any atom is -0.393 e. The summed E-state index contributed by atoms with van der Waals surface area (Å²) in [5, 5.41) is 14.3. The molecule has 1 fully saturated rings. The quantitative estimate of drug-likeness (QED) is 0.855. The molecule has 0 spiro atoms. The number of rotatable bonds is 6. The molecule has 1 saturated heterocycles. The van der Waals surface area contributed by atoms with Gasteiger partial charge in [0.25, 0.3) is 0 Å². The summed E-state index contributed by atoms with van der Waals surface area (Å²) in [4.78, 5) is 14.5. The third-order valence-corrected chi connectivity index (χ3v) is 5.13. The highest BCUT2D eigenvalue weighted by molar-refractivity contribution is 5.76. The number of ether oxygens (including phenoxy) is 1. The third-order valence-electron chi connectivity index (χ3n) is 5.13. The highest BCUT2D eigenvalue weighted by atomic mass is 16.5. The van der Waals surface area contributed by atoms with Gasteiger partial charge in [-0.05, 0) is 31.0 Å². The second-order valence-corrected chi connectivity index (χ2v) is 7.05. The van der Waals surface area contributed by atoms with E-state index in [0.717, 1.165) is 11.3 Å². The van der Waals surface area contributed by atoms with Gasteiger partial charge in [-0.1, -0.05) is 24.3 Å². The average molecular weight is 357 g/mol. The Labute approximate surface area is 154 Å². The van der Waals surface area contributed by atoms with Crippen LogP contribution in [0.25, 0.3) is 0 Å². The molecule has 1 N–H and O–H groups in total. The molecule has 6 nitrogen and oxygen atoms in total. The predicted octanol–water partition coefficient (Wildman–Crippen LogP) is 1.72. The second kappa shape index (κ2) is 8.01. The van der Waals surface area contributed by atoms with Gasteiger partial charge in [0, 0.05) is 37.8 Å². The molecular weight excluding hydrogens is 330 g/mol. The molecule has 3 rings (SSSR count). The van der Waals surface area contributed by atoms with E-state index >= 15 is 0 Å². The van der Waals surface area contributed by atoms with Crippen LogP contribution in [-0.4, -0.2) is 57.6 Å². The molecule has 0 bridgehead atoms. The van der Waals surface area contributed by atoms with E-state index in [-0.39, 0.29) is 12.5 Å². The Morgan fingerprint density at radius 1 is 1.31 bits per heavy atom. The predicted molar refractivity (Wildman–Crippen MR) is 98.8 cm³/mol. The largest absolute Gasteiger partial charge is 0.393 e. The molecule has 1 aromatic carbocycles. The number of hydrogen-bond donors (Lipinski definition) is 1. The van der Waals surface area contributed by atoms with E-state index in [1.165, 1.54) is 5.56 Å². The number of benzene rings is 1. The van der Waals surface area contributed by atoms with Crippen LogP contribution in [0, 0.1) is 13.8 Å². The number of aliphatic hydroxyl groups is 1. The number of morpholine rings is 1. The zero-order chi connectivity index (χ0) is 18.6. The van der Waals surface area contributed by atoms with Gasteiger partial charge in [0.1, 0.15) is 5.60 Å². The number of carbonyl (C=O) groups excluding carboxylic acids is 1. The minimum atomic E-state index is -0.734. The maximum absolute atomic E-state index is 12.7. The lowest BCUT2D eigenvalue weighted by atomic mass is 9.91. The summed E-state index contributed by atoms with van der Waals surface area (Å²) in [7, 11) is 0. The van der Waals surface area contributed by atoms with Crippen LogP contribution in [0.4, 0.5) is 0 Å². The summed E-state index contributed by atoms with van der Waals surface area (Å²) in [5.74, 6) is 0.0748. The molecule has 140 valence electrons. The first-order valence-corrected chi connectivity index (χ1v) is 9.08. The van der Waals surface area contributed by atoms with Crippen LogP contribution in [0.2, 0.25) is 0 Å². The number of aryl methyl sites for hydroxylation is 3. The number of nitrogens with zero attached hydrogens (tertiary/aromatic N) is 3. The summed E-state index contributed by atoms with van der Waals surface area (Å²) in [6.45, 7) is 5.91. The van der Waals surface area contributed by atoms with Gasteiger partial charge in [-0.2, -0.15) is 5.10 Å². The van der Waals surface area contributed by atoms with E-state index in [1.54, 1.807) is 6.20 Å². The maximum Gasteiger partial charge on any atom is 0.224 e. The highest BCUT2D eigenvalue weighted by Gasteiger charge is 2.38. The lowest BCUT2D eigenvalue weighted by molar-refractivity contribution is -0.158. The van der Waals surface area contributed by atoms with E-state index < -0.39 is 5.60 Å². The van der Waals surface area contributed by atoms with Gasteiger partial charge >= 0.3 is 0 Å². The summed E-state index contributed by atoms with van der Waals surface area (Å²) in [5.41, 5.74) is 2.62. The molecule has 1 aliphatic heterocycles. The fourth-order valence-corrected chi connectivity index (χ4v) is 3.46. The normalized spacial score (nSPS) is 20.3. The molecule has 1 atom stereocenters. The number of carbonyl (C=O) groups is 1. The number of hydrogen-bond acceptors (Lipinski definition) is 4. The SMILES string of the molecule is Cc1ccccc1C[C@]1(CO)CN(C(=O)CCn2nccc2C)CCO1. The molecule has 1 amide bonds. The molecule has 1 aromatic heterocycles. The molecule has 6 heteroatoms. The van der Waals surface area contributed by atoms with Gasteiger partial charge in [-0.25, -0.2) is 0 Å². The minimum absolute atomic E-state index is 0.0748. The van der Waals surface area contributed by atoms with Gasteiger partial charge in [0.15, 0.2) is 0 Å². The average Bonchev–Trinajstić information content (AvgIpc) is 3.07. The Morgan fingerprint density at radius 2 is 2.12 bits per heavy atom. The molecule has 2 aromatic rings. The first kappa shape index (κ1) is 18.6. The van der Waals surface area contributed by atoms with Gasteiger partial charge in [-0.15, -0.1) is 0 Å². The molecule has 1 aliphatic rings. The Bertz CT molecular complexity index is 758. The lowest BCUT2D eigenvalue weighted by Gasteiger charge is -2.42. The van der Waals surface area contributed by atoms with Crippen molar-refractivity contribution in [2.24, 2.45) is 0 Å². The van der Waals surface area contributed by atoms with Crippen molar-refractivity contribution in [2.45, 2.75) is 38.8 Å². The van der Waals surface area contributed by atoms with Crippen molar-refractivity contribution in [3.63, 3.8) is 0 Å². The lowest BCUT2D eigenvalue weighted by Crippen LogP contribution is -2.57. The zero-order valence-electron chi connectivity index (χ0n) is 15.5. The van der Waals surface area contributed by atoms with Crippen molar-refractivity contribution in [2.75, 3.05) is 26.3 Å². The van der Waals surface area contributed by atoms with E-state index in [1.807, 2.05) is 34.7 Å². The number of aliphatic hydroxyl groups excluding tert-OH is 1. The van der Waals surface area contributed by atoms with Crippen LogP contribution in [0.3, 0.4) is 0 Å². The molecule has 26 heavy (non-hydrogen) atoms. The van der Waals surface area contributed by atoms with Crippen molar-refractivity contribution in [3.8, 4) is 0 Å². The van der Waals surface area contributed by atoms with Crippen molar-refractivity contribution in [3.05, 3.63) is 53.3 Å². The van der Waals surface area contributed by atoms with Crippen LogP contribution < -0.4 is 0 Å². The van der Waals surface area contributed by atoms with Crippen molar-refractivity contribution >= 4 is 5.91 Å². The van der Waals surface area contributed by atoms with Crippen LogP contribution in [0.1, 0.15) is 23.2 Å². The number of amides is 1. The topological polar surface area (TPSA) is 67.6 Å². The van der Waals surface area contributed by atoms with Gasteiger partial charge in [0.05, 0.1) is 19.8 Å². The van der Waals surface area contributed by atoms with Crippen molar-refractivity contribution < 1.29 is 14.6 Å². The Hall–Kier alpha value is -2.18. The van der Waals surface area contributed by atoms with Crippen LogP contribution in [0.15, 0.2) is 36.5 Å². The molecule has 2 heterocycles. The zero-order valence-corrected chi connectivity index (χ0v) is 15.5. The van der Waals surface area contributed by atoms with E-state index in [0.29, 0.717) is 39.1 Å². The second-order valence-electron chi connectivity index (χ2n) is 7.05. The third kappa shape index (κ3) is 4.14. The Balaban J connectivity index is 1.65. The molecular formula is C20H27N3O3. The molecule has 0 radical (unpaired) electrons. The van der Waals surface area contributed by atoms with Crippen LogP contribution in [0.5, 0.6) is 0 Å². The van der Waals surface area contributed by atoms with Crippen molar-refractivity contribution in [1.29, 1.82) is 0 Å². The summed E-state index contributed by atoms with van der Waals surface area (Å²) >= 11 is 0. The van der Waals surface area contributed by atoms with Crippen molar-refractivity contribution in [1.82, 2.24) is 14.7 Å². The van der Waals surface area contributed by atoms with Crippen LogP contribution in [-0.2, 0) is 22.5 Å². The summed E-state index contributed by atoms with van der Waals surface area (Å²) < 4.78 is 7.80. The first-order chi connectivity index (χ1) is 12.5. The molecule has 0 saturated carbocycles. The van der Waals surface area contributed by atoms with Gasteiger partial charge in [0.2, 0.25) is 5.91 Å². The Kier molecular flexibility index (Phi) is 5.74. The highest BCUT2D eigenvalue weighted by Crippen LogP contribution is 2.25. The standard InChI is InChI=1S/C20H27N3O3/c1-16-5-3-4-6-18(16)13-20(15-24)14-22(11-12-26-20)19(25)8-10-23-17(2)7-9-21-23/h3-7,9,24H,8,10-15H2,1-2H3/t20-/m1/s1. The molecule has 0 aliphatic carbocycles. The maximum atomic E-state index is 12.7. The van der Waals surface area contributed by atoms with Crippen LogP contribution >= 0.6 is 0 Å². The monoisotopic (exact) mass is 357 g/mol. The smallest absolute Gasteiger partial charge is 0.224 e. The van der Waals surface area contributed by atoms with Gasteiger partial charge in [-0.3, -0.25) is 9.48 Å². The molecule has 0 unspecified atom stereocenters. The van der Waals surface area contributed by atoms with Gasteiger partial charge < -0.3 is 14.7 Å². The van der Waals surface area contributed by atoms with E-state index in [9.17, 15) is 9.90 Å². The number of aromatic nitrogens is 2. The fraction of sp³-hybridized carbons (Fsp3) is 0.500. The van der Waals surface area contributed by atoms with E-state index in [2.05, 4.69) is 24.2 Å². The fourth-order valence-electron chi connectivity index (χ4n) is 3.46. The Morgan fingerprint density at radius 3 is 2.81 bits per heavy atom. The van der Waals surface area contributed by atoms with E-state index in [4.69, 9.17) is 4.74 Å². The summed E-state index contributed by atoms with van der Waals surface area (Å²) in [6.07, 6.45) is 2.74. The summed E-state index contributed by atoms with van der Waals surface area (Å²) in [6, 6.07) is 10.0.